The lowest BCUT2D eigenvalue weighted by Gasteiger charge is -2.23. The molecule has 0 heterocycles. The Morgan fingerprint density at radius 2 is 1.84 bits per heavy atom. The van der Waals surface area contributed by atoms with Gasteiger partial charge >= 0.3 is 6.18 Å². The molecular weight excluding hydrogens is 253 g/mol. The Hall–Kier alpha value is -1.23. The van der Waals surface area contributed by atoms with E-state index in [1.165, 1.54) is 12.1 Å². The number of rotatable bonds is 6. The van der Waals surface area contributed by atoms with E-state index in [1.807, 2.05) is 0 Å². The first kappa shape index (κ1) is 15.8. The van der Waals surface area contributed by atoms with Crippen LogP contribution in [0.4, 0.5) is 18.9 Å². The van der Waals surface area contributed by atoms with Crippen molar-refractivity contribution in [2.45, 2.75) is 20.0 Å². The first-order valence-corrected chi connectivity index (χ1v) is 6.40. The van der Waals surface area contributed by atoms with Crippen molar-refractivity contribution in [1.82, 2.24) is 5.32 Å². The normalized spacial score (nSPS) is 11.9. The Bertz CT molecular complexity index is 389. The van der Waals surface area contributed by atoms with Crippen LogP contribution in [-0.4, -0.2) is 26.7 Å². The van der Waals surface area contributed by atoms with E-state index in [2.05, 4.69) is 19.2 Å². The summed E-state index contributed by atoms with van der Waals surface area (Å²) in [5.41, 5.74) is -0.359. The van der Waals surface area contributed by atoms with E-state index < -0.39 is 11.7 Å². The zero-order chi connectivity index (χ0) is 14.5. The molecule has 108 valence electrons. The van der Waals surface area contributed by atoms with Gasteiger partial charge in [-0.3, -0.25) is 0 Å². The number of benzene rings is 1. The smallest absolute Gasteiger partial charge is 0.373 e. The third-order valence-electron chi connectivity index (χ3n) is 2.80. The van der Waals surface area contributed by atoms with Gasteiger partial charge in [0, 0.05) is 25.8 Å². The Balaban J connectivity index is 2.64. The van der Waals surface area contributed by atoms with Crippen molar-refractivity contribution in [3.63, 3.8) is 0 Å². The number of halogens is 3. The average molecular weight is 274 g/mol. The van der Waals surface area contributed by atoms with Gasteiger partial charge in [-0.1, -0.05) is 26.0 Å². The van der Waals surface area contributed by atoms with Crippen LogP contribution in [0.3, 0.4) is 0 Å². The first-order chi connectivity index (χ1) is 8.82. The molecule has 1 rings (SSSR count). The van der Waals surface area contributed by atoms with E-state index in [1.54, 1.807) is 18.0 Å². The van der Waals surface area contributed by atoms with Gasteiger partial charge in [0.15, 0.2) is 0 Å². The van der Waals surface area contributed by atoms with Crippen molar-refractivity contribution >= 4 is 5.69 Å². The average Bonchev–Trinajstić information content (AvgIpc) is 2.33. The number of para-hydroxylation sites is 1. The fraction of sp³-hybridized carbons (Fsp3) is 0.571. The summed E-state index contributed by atoms with van der Waals surface area (Å²) >= 11 is 0. The Morgan fingerprint density at radius 3 is 2.42 bits per heavy atom. The molecule has 0 aromatic heterocycles. The van der Waals surface area contributed by atoms with Gasteiger partial charge in [-0.2, -0.15) is 13.2 Å². The Kier molecular flexibility index (Phi) is 5.66. The molecule has 19 heavy (non-hydrogen) atoms. The third kappa shape index (κ3) is 5.11. The van der Waals surface area contributed by atoms with Crippen LogP contribution >= 0.6 is 0 Å². The van der Waals surface area contributed by atoms with Crippen LogP contribution in [-0.2, 0) is 6.18 Å². The Labute approximate surface area is 112 Å². The largest absolute Gasteiger partial charge is 0.418 e. The van der Waals surface area contributed by atoms with Crippen molar-refractivity contribution in [3.05, 3.63) is 29.8 Å². The van der Waals surface area contributed by atoms with Gasteiger partial charge in [-0.05, 0) is 24.6 Å². The number of anilines is 1. The Morgan fingerprint density at radius 1 is 1.21 bits per heavy atom. The molecule has 0 saturated heterocycles. The van der Waals surface area contributed by atoms with E-state index in [-0.39, 0.29) is 5.69 Å². The molecule has 5 heteroatoms. The number of nitrogens with zero attached hydrogens (tertiary/aromatic N) is 1. The highest BCUT2D eigenvalue weighted by molar-refractivity contribution is 5.54. The zero-order valence-electron chi connectivity index (χ0n) is 11.6. The highest BCUT2D eigenvalue weighted by Gasteiger charge is 2.33. The van der Waals surface area contributed by atoms with Crippen LogP contribution < -0.4 is 10.2 Å². The SMILES string of the molecule is CC(C)CNCCN(C)c1ccccc1C(F)(F)F. The molecule has 0 atom stereocenters. The second-order valence-electron chi connectivity index (χ2n) is 5.03. The summed E-state index contributed by atoms with van der Waals surface area (Å²) in [7, 11) is 1.68. The predicted octanol–water partition coefficient (Wildman–Crippen LogP) is 3.39. The fourth-order valence-corrected chi connectivity index (χ4v) is 1.80. The fourth-order valence-electron chi connectivity index (χ4n) is 1.80. The number of hydrogen-bond acceptors (Lipinski definition) is 2. The minimum absolute atomic E-state index is 0.223. The molecule has 1 N–H and O–H groups in total. The molecule has 0 aliphatic carbocycles. The summed E-state index contributed by atoms with van der Waals surface area (Å²) in [6.07, 6.45) is -4.31. The van der Waals surface area contributed by atoms with E-state index in [4.69, 9.17) is 0 Å². The van der Waals surface area contributed by atoms with Crippen molar-refractivity contribution in [3.8, 4) is 0 Å². The topological polar surface area (TPSA) is 15.3 Å². The molecule has 0 spiro atoms. The molecule has 0 aliphatic heterocycles. The van der Waals surface area contributed by atoms with Crippen molar-refractivity contribution in [2.75, 3.05) is 31.6 Å². The zero-order valence-corrected chi connectivity index (χ0v) is 11.6. The highest BCUT2D eigenvalue weighted by Crippen LogP contribution is 2.35. The molecule has 0 unspecified atom stereocenters. The highest BCUT2D eigenvalue weighted by atomic mass is 19.4. The summed E-state index contributed by atoms with van der Waals surface area (Å²) in [5.74, 6) is 0.535. The number of hydrogen-bond donors (Lipinski definition) is 1. The lowest BCUT2D eigenvalue weighted by molar-refractivity contribution is -0.137. The molecule has 2 nitrogen and oxygen atoms in total. The van der Waals surface area contributed by atoms with Gasteiger partial charge in [0.2, 0.25) is 0 Å². The second kappa shape index (κ2) is 6.80. The second-order valence-corrected chi connectivity index (χ2v) is 5.03. The van der Waals surface area contributed by atoms with Crippen LogP contribution in [0.15, 0.2) is 24.3 Å². The van der Waals surface area contributed by atoms with Gasteiger partial charge in [0.1, 0.15) is 0 Å². The van der Waals surface area contributed by atoms with Crippen LogP contribution in [0.25, 0.3) is 0 Å². The molecule has 0 fully saturated rings. The van der Waals surface area contributed by atoms with Gasteiger partial charge in [-0.15, -0.1) is 0 Å². The van der Waals surface area contributed by atoms with Gasteiger partial charge in [0.05, 0.1) is 5.56 Å². The maximum atomic E-state index is 12.9. The summed E-state index contributed by atoms with van der Waals surface area (Å²) in [6.45, 7) is 6.26. The van der Waals surface area contributed by atoms with Crippen LogP contribution in [0, 0.1) is 5.92 Å². The molecule has 0 amide bonds. The number of nitrogens with one attached hydrogen (secondary N) is 1. The quantitative estimate of drug-likeness (QED) is 0.800. The summed E-state index contributed by atoms with van der Waals surface area (Å²) < 4.78 is 38.6. The van der Waals surface area contributed by atoms with E-state index in [0.717, 1.165) is 12.6 Å². The van der Waals surface area contributed by atoms with Gasteiger partial charge < -0.3 is 10.2 Å². The van der Waals surface area contributed by atoms with Crippen molar-refractivity contribution in [2.24, 2.45) is 5.92 Å². The lowest BCUT2D eigenvalue weighted by Crippen LogP contribution is -2.32. The number of alkyl halides is 3. The van der Waals surface area contributed by atoms with E-state index in [9.17, 15) is 13.2 Å². The van der Waals surface area contributed by atoms with Crippen LogP contribution in [0.2, 0.25) is 0 Å². The third-order valence-corrected chi connectivity index (χ3v) is 2.80. The summed E-state index contributed by atoms with van der Waals surface area (Å²) in [5, 5.41) is 3.22. The molecule has 0 saturated carbocycles. The molecule has 0 aliphatic rings. The minimum Gasteiger partial charge on any atom is -0.373 e. The molecule has 1 aromatic rings. The first-order valence-electron chi connectivity index (χ1n) is 6.40. The maximum Gasteiger partial charge on any atom is 0.418 e. The maximum absolute atomic E-state index is 12.9. The van der Waals surface area contributed by atoms with Gasteiger partial charge in [-0.25, -0.2) is 0 Å². The molecule has 1 aromatic carbocycles. The van der Waals surface area contributed by atoms with Crippen LogP contribution in [0.1, 0.15) is 19.4 Å². The minimum atomic E-state index is -4.31. The van der Waals surface area contributed by atoms with E-state index in [0.29, 0.717) is 19.0 Å². The lowest BCUT2D eigenvalue weighted by atomic mass is 10.1. The van der Waals surface area contributed by atoms with Gasteiger partial charge in [0.25, 0.3) is 0 Å². The monoisotopic (exact) mass is 274 g/mol. The predicted molar refractivity (Wildman–Crippen MR) is 72.4 cm³/mol. The van der Waals surface area contributed by atoms with Crippen molar-refractivity contribution in [1.29, 1.82) is 0 Å². The standard InChI is InChI=1S/C14H21F3N2/c1-11(2)10-18-8-9-19(3)13-7-5-4-6-12(13)14(15,16)17/h4-7,11,18H,8-10H2,1-3H3. The molecule has 0 bridgehead atoms. The van der Waals surface area contributed by atoms with E-state index >= 15 is 0 Å². The van der Waals surface area contributed by atoms with Crippen LogP contribution in [0.5, 0.6) is 0 Å². The summed E-state index contributed by atoms with van der Waals surface area (Å²) in [6, 6.07) is 5.67. The molecular formula is C14H21F3N2. The van der Waals surface area contributed by atoms with Crippen molar-refractivity contribution < 1.29 is 13.2 Å². The summed E-state index contributed by atoms with van der Waals surface area (Å²) in [4.78, 5) is 1.64. The number of likely N-dealkylation sites (N-methyl/N-ethyl adjacent to an activating group) is 1. The molecule has 0 radical (unpaired) electrons.